The fourth-order valence-electron chi connectivity index (χ4n) is 3.35. The first-order valence-electron chi connectivity index (χ1n) is 8.60. The molecule has 0 saturated carbocycles. The molecule has 0 radical (unpaired) electrons. The minimum Gasteiger partial charge on any atom is -0.506 e. The monoisotopic (exact) mass is 386 g/mol. The zero-order valence-corrected chi connectivity index (χ0v) is 15.4. The van der Waals surface area contributed by atoms with Crippen LogP contribution in [0.1, 0.15) is 25.3 Å². The summed E-state index contributed by atoms with van der Waals surface area (Å²) in [4.78, 5) is 13.7. The zero-order chi connectivity index (χ0) is 18.9. The molecule has 2 aliphatic rings. The molecule has 0 aromatic heterocycles. The Balaban J connectivity index is 1.69. The summed E-state index contributed by atoms with van der Waals surface area (Å²) in [5, 5.41) is 13.5. The highest BCUT2D eigenvalue weighted by atomic mass is 32.2. The van der Waals surface area contributed by atoms with Crippen LogP contribution < -0.4 is 14.3 Å². The van der Waals surface area contributed by atoms with Crippen LogP contribution in [0.15, 0.2) is 12.1 Å². The Hall–Kier alpha value is -1.91. The van der Waals surface area contributed by atoms with E-state index in [0.717, 1.165) is 32.5 Å². The van der Waals surface area contributed by atoms with E-state index in [1.165, 1.54) is 12.1 Å². The van der Waals surface area contributed by atoms with Crippen LogP contribution in [0, 0.1) is 5.82 Å². The predicted octanol–water partition coefficient (Wildman–Crippen LogP) is 0.286. The number of aromatic hydroxyl groups is 1. The number of carbonyl (C=O) groups is 1. The summed E-state index contributed by atoms with van der Waals surface area (Å²) in [6.45, 7) is 5.00. The lowest BCUT2D eigenvalue weighted by Crippen LogP contribution is -2.42. The highest BCUT2D eigenvalue weighted by Crippen LogP contribution is 2.34. The van der Waals surface area contributed by atoms with Gasteiger partial charge in [-0.1, -0.05) is 6.92 Å². The van der Waals surface area contributed by atoms with E-state index in [1.54, 1.807) is 4.72 Å². The molecule has 26 heavy (non-hydrogen) atoms. The van der Waals surface area contributed by atoms with Crippen LogP contribution in [0.4, 0.5) is 10.1 Å². The molecule has 3 rings (SSSR count). The van der Waals surface area contributed by atoms with E-state index in [4.69, 9.17) is 0 Å². The third-order valence-corrected chi connectivity index (χ3v) is 6.18. The topological polar surface area (TPSA) is 102 Å². The van der Waals surface area contributed by atoms with Gasteiger partial charge < -0.3 is 15.3 Å². The van der Waals surface area contributed by atoms with Gasteiger partial charge in [-0.2, -0.15) is 8.42 Å². The summed E-state index contributed by atoms with van der Waals surface area (Å²) >= 11 is 0. The van der Waals surface area contributed by atoms with Gasteiger partial charge in [-0.05, 0) is 50.2 Å². The second kappa shape index (κ2) is 7.37. The van der Waals surface area contributed by atoms with Gasteiger partial charge >= 0.3 is 10.2 Å². The molecular formula is C16H23FN4O4S. The van der Waals surface area contributed by atoms with E-state index in [-0.39, 0.29) is 0 Å². The Kier molecular flexibility index (Phi) is 5.35. The van der Waals surface area contributed by atoms with Crippen LogP contribution in [0.5, 0.6) is 5.75 Å². The summed E-state index contributed by atoms with van der Waals surface area (Å²) in [5.41, 5.74) is 0.000839. The summed E-state index contributed by atoms with van der Waals surface area (Å²) < 4.78 is 40.4. The summed E-state index contributed by atoms with van der Waals surface area (Å²) in [5.74, 6) is -2.17. The number of amides is 1. The van der Waals surface area contributed by atoms with Crippen molar-refractivity contribution >= 4 is 21.8 Å². The Morgan fingerprint density at radius 2 is 2.04 bits per heavy atom. The molecule has 1 amide bonds. The highest BCUT2D eigenvalue weighted by molar-refractivity contribution is 7.92. The largest absolute Gasteiger partial charge is 0.506 e. The highest BCUT2D eigenvalue weighted by Gasteiger charge is 2.37. The lowest BCUT2D eigenvalue weighted by Gasteiger charge is -2.31. The van der Waals surface area contributed by atoms with Crippen molar-refractivity contribution in [3.8, 4) is 5.75 Å². The van der Waals surface area contributed by atoms with Crippen LogP contribution in [-0.2, 0) is 21.5 Å². The first-order chi connectivity index (χ1) is 12.3. The molecule has 2 aliphatic heterocycles. The van der Waals surface area contributed by atoms with E-state index in [2.05, 4.69) is 17.1 Å². The van der Waals surface area contributed by atoms with Crippen LogP contribution >= 0.6 is 0 Å². The van der Waals surface area contributed by atoms with Crippen molar-refractivity contribution in [1.29, 1.82) is 0 Å². The molecule has 3 N–H and O–H groups in total. The quantitative estimate of drug-likeness (QED) is 0.672. The van der Waals surface area contributed by atoms with E-state index in [0.29, 0.717) is 22.5 Å². The summed E-state index contributed by atoms with van der Waals surface area (Å²) in [6, 6.07) is 2.83. The first kappa shape index (κ1) is 18.9. The molecule has 2 saturated heterocycles. The SMILES string of the molecule is CCN1CCC(NCc2cc(O)c(N3CC(=O)NS3(=O)=O)c(F)c2)CC1. The first-order valence-corrected chi connectivity index (χ1v) is 10.0. The number of nitrogens with zero attached hydrogens (tertiary/aromatic N) is 2. The lowest BCUT2D eigenvalue weighted by atomic mass is 10.0. The van der Waals surface area contributed by atoms with Gasteiger partial charge in [-0.15, -0.1) is 0 Å². The average Bonchev–Trinajstić information content (AvgIpc) is 2.85. The predicted molar refractivity (Wildman–Crippen MR) is 94.4 cm³/mol. The number of hydrogen-bond acceptors (Lipinski definition) is 6. The molecule has 0 bridgehead atoms. The number of rotatable bonds is 5. The second-order valence-electron chi connectivity index (χ2n) is 6.57. The minimum atomic E-state index is -4.17. The van der Waals surface area contributed by atoms with Crippen molar-refractivity contribution < 1.29 is 22.7 Å². The Bertz CT molecular complexity index is 770. The molecule has 10 heteroatoms. The van der Waals surface area contributed by atoms with Crippen molar-refractivity contribution in [2.75, 3.05) is 30.5 Å². The number of carbonyl (C=O) groups excluding carboxylic acids is 1. The fraction of sp³-hybridized carbons (Fsp3) is 0.562. The number of nitrogens with one attached hydrogen (secondary N) is 2. The maximum absolute atomic E-state index is 14.5. The van der Waals surface area contributed by atoms with Crippen LogP contribution in [0.3, 0.4) is 0 Å². The van der Waals surface area contributed by atoms with E-state index in [9.17, 15) is 22.7 Å². The van der Waals surface area contributed by atoms with Gasteiger partial charge in [0.1, 0.15) is 18.0 Å². The van der Waals surface area contributed by atoms with Gasteiger partial charge in [-0.25, -0.2) is 13.4 Å². The minimum absolute atomic E-state index is 0.323. The molecule has 2 fully saturated rings. The summed E-state index contributed by atoms with van der Waals surface area (Å²) in [7, 11) is -4.17. The number of likely N-dealkylation sites (tertiary alicyclic amines) is 1. The van der Waals surface area contributed by atoms with Crippen molar-refractivity contribution in [3.05, 3.63) is 23.5 Å². The Morgan fingerprint density at radius 3 is 2.58 bits per heavy atom. The number of anilines is 1. The van der Waals surface area contributed by atoms with Gasteiger partial charge in [0.05, 0.1) is 0 Å². The Morgan fingerprint density at radius 1 is 1.35 bits per heavy atom. The average molecular weight is 386 g/mol. The normalized spacial score (nSPS) is 21.2. The van der Waals surface area contributed by atoms with Crippen molar-refractivity contribution in [1.82, 2.24) is 14.9 Å². The van der Waals surface area contributed by atoms with Crippen molar-refractivity contribution in [3.63, 3.8) is 0 Å². The van der Waals surface area contributed by atoms with Gasteiger partial charge in [0.2, 0.25) is 0 Å². The number of hydrogen-bond donors (Lipinski definition) is 3. The maximum atomic E-state index is 14.5. The third-order valence-electron chi connectivity index (χ3n) is 4.80. The molecule has 144 valence electrons. The number of halogens is 1. The van der Waals surface area contributed by atoms with E-state index < -0.39 is 39.9 Å². The van der Waals surface area contributed by atoms with Crippen molar-refractivity contribution in [2.45, 2.75) is 32.4 Å². The number of benzene rings is 1. The smallest absolute Gasteiger partial charge is 0.326 e. The maximum Gasteiger partial charge on any atom is 0.326 e. The molecule has 2 heterocycles. The van der Waals surface area contributed by atoms with Crippen LogP contribution in [0.2, 0.25) is 0 Å². The number of phenolic OH excluding ortho intramolecular Hbond substituents is 1. The Labute approximate surface area is 152 Å². The number of piperidine rings is 1. The molecule has 1 aromatic rings. The zero-order valence-electron chi connectivity index (χ0n) is 14.5. The van der Waals surface area contributed by atoms with Gasteiger partial charge in [0, 0.05) is 12.6 Å². The number of phenols is 1. The summed E-state index contributed by atoms with van der Waals surface area (Å²) in [6.07, 6.45) is 2.00. The molecule has 0 unspecified atom stereocenters. The fourth-order valence-corrected chi connectivity index (χ4v) is 4.52. The molecule has 8 nitrogen and oxygen atoms in total. The molecule has 0 aliphatic carbocycles. The van der Waals surface area contributed by atoms with E-state index in [1.807, 2.05) is 0 Å². The molecule has 0 spiro atoms. The van der Waals surface area contributed by atoms with Crippen LogP contribution in [0.25, 0.3) is 0 Å². The lowest BCUT2D eigenvalue weighted by molar-refractivity contribution is -0.117. The van der Waals surface area contributed by atoms with Gasteiger partial charge in [0.25, 0.3) is 5.91 Å². The molecule has 0 atom stereocenters. The van der Waals surface area contributed by atoms with Gasteiger partial charge in [-0.3, -0.25) is 4.79 Å². The van der Waals surface area contributed by atoms with E-state index >= 15 is 0 Å². The molecule has 1 aromatic carbocycles. The van der Waals surface area contributed by atoms with Crippen molar-refractivity contribution in [2.24, 2.45) is 0 Å². The third kappa shape index (κ3) is 3.92. The second-order valence-corrected chi connectivity index (χ2v) is 8.17. The molecular weight excluding hydrogens is 363 g/mol. The van der Waals surface area contributed by atoms with Gasteiger partial charge in [0.15, 0.2) is 5.82 Å². The van der Waals surface area contributed by atoms with Crippen LogP contribution in [-0.4, -0.2) is 56.6 Å². The standard InChI is InChI=1S/C16H23FN4O4S/c1-2-20-5-3-12(4-6-20)18-9-11-7-13(17)16(14(22)8-11)21-10-15(23)19-26(21,24)25/h7-8,12,18,22H,2-6,9-10H2,1H3,(H,19,23).